The van der Waals surface area contributed by atoms with Gasteiger partial charge in [-0.3, -0.25) is 4.79 Å². The topological polar surface area (TPSA) is 77.7 Å². The predicted octanol–water partition coefficient (Wildman–Crippen LogP) is 5.41. The molecule has 4 rings (SSSR count). The molecule has 1 fully saturated rings. The van der Waals surface area contributed by atoms with E-state index < -0.39 is 0 Å². The first-order valence-corrected chi connectivity index (χ1v) is 12.7. The molecule has 1 aliphatic heterocycles. The molecule has 0 spiro atoms. The van der Waals surface area contributed by atoms with Crippen molar-refractivity contribution in [2.45, 2.75) is 32.6 Å². The smallest absolute Gasteiger partial charge is 0.255 e. The number of halogens is 1. The number of carbonyl (C=O) groups is 1. The van der Waals surface area contributed by atoms with Crippen molar-refractivity contribution < 1.29 is 18.7 Å². The average Bonchev–Trinajstić information content (AvgIpc) is 3.28. The highest BCUT2D eigenvalue weighted by atomic mass is 32.2. The van der Waals surface area contributed by atoms with Gasteiger partial charge in [-0.15, -0.1) is 0 Å². The minimum atomic E-state index is -0.327. The quantitative estimate of drug-likeness (QED) is 0.416. The van der Waals surface area contributed by atoms with E-state index in [2.05, 4.69) is 21.0 Å². The number of hydrogen-bond donors (Lipinski definition) is 3. The Morgan fingerprint density at radius 2 is 1.91 bits per heavy atom. The Labute approximate surface area is 206 Å². The number of aliphatic hydroxyl groups excluding tert-OH is 1. The Morgan fingerprint density at radius 3 is 2.47 bits per heavy atom. The van der Waals surface area contributed by atoms with E-state index in [4.69, 9.17) is 9.52 Å². The van der Waals surface area contributed by atoms with Crippen molar-refractivity contribution in [3.63, 3.8) is 0 Å². The third kappa shape index (κ3) is 5.92. The lowest BCUT2D eigenvalue weighted by Crippen LogP contribution is -2.29. The number of piperidine rings is 1. The number of benzene rings is 2. The van der Waals surface area contributed by atoms with Gasteiger partial charge >= 0.3 is 0 Å². The molecule has 6 nitrogen and oxygen atoms in total. The molecule has 3 aromatic rings. The summed E-state index contributed by atoms with van der Waals surface area (Å²) in [6, 6.07) is 10.2. The number of hydrogen-bond acceptors (Lipinski definition) is 6. The van der Waals surface area contributed by atoms with Gasteiger partial charge in [0.15, 0.2) is 0 Å². The van der Waals surface area contributed by atoms with Crippen molar-refractivity contribution in [1.82, 2.24) is 10.6 Å². The molecule has 3 N–H and O–H groups in total. The van der Waals surface area contributed by atoms with Crippen LogP contribution in [0.1, 0.15) is 48.5 Å². The Bertz CT molecular complexity index is 1060. The minimum absolute atomic E-state index is 0.216. The minimum Gasteiger partial charge on any atom is -0.455 e. The lowest BCUT2D eigenvalue weighted by atomic mass is 9.89. The number of nitrogens with zero attached hydrogens (tertiary/aromatic N) is 1. The summed E-state index contributed by atoms with van der Waals surface area (Å²) in [7, 11) is 4.65. The molecule has 0 saturated carbocycles. The van der Waals surface area contributed by atoms with E-state index in [0.29, 0.717) is 28.4 Å². The summed E-state index contributed by atoms with van der Waals surface area (Å²) in [5, 5.41) is 14.0. The predicted molar refractivity (Wildman–Crippen MR) is 141 cm³/mol. The molecule has 1 aliphatic rings. The number of aliphatic hydroxyl groups is 1. The molecular formula is C26H36FN3O3S. The maximum Gasteiger partial charge on any atom is 0.255 e. The van der Waals surface area contributed by atoms with E-state index in [-0.39, 0.29) is 11.7 Å². The van der Waals surface area contributed by atoms with E-state index in [1.54, 1.807) is 31.1 Å². The summed E-state index contributed by atoms with van der Waals surface area (Å²) in [5.41, 5.74) is 4.11. The molecule has 2 heterocycles. The second-order valence-corrected chi connectivity index (χ2v) is 8.44. The van der Waals surface area contributed by atoms with Gasteiger partial charge in [0.25, 0.3) is 5.91 Å². The van der Waals surface area contributed by atoms with Crippen LogP contribution < -0.4 is 14.9 Å². The van der Waals surface area contributed by atoms with Gasteiger partial charge in [0.2, 0.25) is 0 Å². The van der Waals surface area contributed by atoms with Crippen molar-refractivity contribution in [3.8, 4) is 11.3 Å². The average molecular weight is 490 g/mol. The van der Waals surface area contributed by atoms with E-state index in [1.807, 2.05) is 33.2 Å². The SMILES string of the molecule is CC.CNC(=O)c1c(-c2ccc(F)cc2)oc2cc(N(C)SC)c([C@@H]3CCCNC3)cc12.CO. The van der Waals surface area contributed by atoms with E-state index in [1.165, 1.54) is 17.7 Å². The van der Waals surface area contributed by atoms with Crippen LogP contribution in [0.4, 0.5) is 10.1 Å². The second-order valence-electron chi connectivity index (χ2n) is 7.52. The van der Waals surface area contributed by atoms with E-state index >= 15 is 0 Å². The number of anilines is 1. The van der Waals surface area contributed by atoms with Crippen LogP contribution in [0.25, 0.3) is 22.3 Å². The van der Waals surface area contributed by atoms with E-state index in [0.717, 1.165) is 44.1 Å². The van der Waals surface area contributed by atoms with Crippen LogP contribution in [0, 0.1) is 5.82 Å². The summed E-state index contributed by atoms with van der Waals surface area (Å²) in [6.07, 6.45) is 4.26. The molecule has 0 aliphatic carbocycles. The van der Waals surface area contributed by atoms with Crippen molar-refractivity contribution in [2.75, 3.05) is 44.9 Å². The number of fused-ring (bicyclic) bond motifs is 1. The normalized spacial score (nSPS) is 15.0. The molecule has 1 atom stereocenters. The first kappa shape index (κ1) is 27.7. The number of nitrogens with one attached hydrogen (secondary N) is 2. The monoisotopic (exact) mass is 489 g/mol. The van der Waals surface area contributed by atoms with Gasteiger partial charge in [-0.05, 0) is 61.2 Å². The maximum absolute atomic E-state index is 13.4. The van der Waals surface area contributed by atoms with Gasteiger partial charge in [0, 0.05) is 51.0 Å². The molecule has 186 valence electrons. The zero-order valence-electron chi connectivity index (χ0n) is 20.9. The summed E-state index contributed by atoms with van der Waals surface area (Å²) < 4.78 is 21.8. The fourth-order valence-electron chi connectivity index (χ4n) is 4.12. The highest BCUT2D eigenvalue weighted by molar-refractivity contribution is 7.99. The Hall–Kier alpha value is -2.55. The number of furan rings is 1. The van der Waals surface area contributed by atoms with Crippen LogP contribution in [0.15, 0.2) is 40.8 Å². The van der Waals surface area contributed by atoms with Crippen LogP contribution in [-0.2, 0) is 0 Å². The first-order valence-electron chi connectivity index (χ1n) is 11.5. The summed E-state index contributed by atoms with van der Waals surface area (Å²) in [5.74, 6) is 0.287. The Kier molecular flexibility index (Phi) is 10.9. The molecule has 0 radical (unpaired) electrons. The maximum atomic E-state index is 13.4. The van der Waals surface area contributed by atoms with Gasteiger partial charge < -0.3 is 24.5 Å². The number of rotatable bonds is 5. The highest BCUT2D eigenvalue weighted by Gasteiger charge is 2.26. The molecule has 2 aromatic carbocycles. The third-order valence-corrected chi connectivity index (χ3v) is 6.49. The largest absolute Gasteiger partial charge is 0.455 e. The van der Waals surface area contributed by atoms with Gasteiger partial charge in [-0.2, -0.15) is 0 Å². The van der Waals surface area contributed by atoms with Gasteiger partial charge in [0.1, 0.15) is 17.2 Å². The molecule has 1 saturated heterocycles. The standard InChI is InChI=1S/C23H26FN3O2S.C2H6.CH4O/c1-25-23(28)21-18-11-17(15-5-4-10-26-13-15)19(27(2)30-3)12-20(18)29-22(21)14-6-8-16(24)9-7-14;2*1-2/h6-9,11-12,15,26H,4-5,10,13H2,1-3H3,(H,25,28);1-2H3;2H,1H3/t15-;;/m1../s1. The van der Waals surface area contributed by atoms with Crippen LogP contribution >= 0.6 is 11.9 Å². The number of carbonyl (C=O) groups excluding carboxylic acids is 1. The van der Waals surface area contributed by atoms with Crippen molar-refractivity contribution in [3.05, 3.63) is 53.3 Å². The van der Waals surface area contributed by atoms with Crippen molar-refractivity contribution in [2.24, 2.45) is 0 Å². The van der Waals surface area contributed by atoms with E-state index in [9.17, 15) is 9.18 Å². The molecule has 1 aromatic heterocycles. The van der Waals surface area contributed by atoms with Gasteiger partial charge in [-0.1, -0.05) is 25.8 Å². The fourth-order valence-corrected chi connectivity index (χ4v) is 4.47. The van der Waals surface area contributed by atoms with Crippen molar-refractivity contribution in [1.29, 1.82) is 0 Å². The molecule has 8 heteroatoms. The second kappa shape index (κ2) is 13.4. The molecular weight excluding hydrogens is 453 g/mol. The van der Waals surface area contributed by atoms with Crippen LogP contribution in [0.5, 0.6) is 0 Å². The fraction of sp³-hybridized carbons (Fsp3) is 0.423. The highest BCUT2D eigenvalue weighted by Crippen LogP contribution is 2.41. The molecule has 34 heavy (non-hydrogen) atoms. The first-order chi connectivity index (χ1) is 16.5. The summed E-state index contributed by atoms with van der Waals surface area (Å²) in [6.45, 7) is 5.95. The summed E-state index contributed by atoms with van der Waals surface area (Å²) >= 11 is 1.63. The van der Waals surface area contributed by atoms with Gasteiger partial charge in [0.05, 0.1) is 11.3 Å². The Morgan fingerprint density at radius 1 is 1.24 bits per heavy atom. The van der Waals surface area contributed by atoms with Crippen molar-refractivity contribution >= 4 is 34.5 Å². The lowest BCUT2D eigenvalue weighted by Gasteiger charge is -2.28. The van der Waals surface area contributed by atoms with Crippen LogP contribution in [0.2, 0.25) is 0 Å². The van der Waals surface area contributed by atoms with Gasteiger partial charge in [-0.25, -0.2) is 4.39 Å². The third-order valence-electron chi connectivity index (χ3n) is 5.75. The number of amides is 1. The van der Waals surface area contributed by atoms with Crippen LogP contribution in [0.3, 0.4) is 0 Å². The summed E-state index contributed by atoms with van der Waals surface area (Å²) in [4.78, 5) is 12.8. The zero-order chi connectivity index (χ0) is 25.3. The molecule has 0 bridgehead atoms. The Balaban J connectivity index is 0.000000970. The van der Waals surface area contributed by atoms with Crippen LogP contribution in [-0.4, -0.2) is 51.6 Å². The lowest BCUT2D eigenvalue weighted by molar-refractivity contribution is 0.0964. The molecule has 1 amide bonds. The molecule has 0 unspecified atom stereocenters. The zero-order valence-corrected chi connectivity index (χ0v) is 21.7.